The van der Waals surface area contributed by atoms with Gasteiger partial charge in [0.1, 0.15) is 5.75 Å². The van der Waals surface area contributed by atoms with Gasteiger partial charge in [0.15, 0.2) is 0 Å². The highest BCUT2D eigenvalue weighted by Crippen LogP contribution is 2.34. The number of aromatic hydroxyl groups is 1. The van der Waals surface area contributed by atoms with Gasteiger partial charge in [-0.3, -0.25) is 0 Å². The Bertz CT molecular complexity index is 589. The molecule has 2 unspecified atom stereocenters. The summed E-state index contributed by atoms with van der Waals surface area (Å²) in [6.07, 6.45) is 2.27. The van der Waals surface area contributed by atoms with E-state index in [1.165, 1.54) is 16.7 Å². The molecule has 1 nitrogen and oxygen atoms in total. The van der Waals surface area contributed by atoms with E-state index in [0.29, 0.717) is 17.6 Å². The maximum atomic E-state index is 9.61. The van der Waals surface area contributed by atoms with Crippen molar-refractivity contribution in [3.8, 4) is 5.75 Å². The van der Waals surface area contributed by atoms with E-state index in [0.717, 1.165) is 17.3 Å². The number of rotatable bonds is 5. The zero-order valence-electron chi connectivity index (χ0n) is 12.9. The summed E-state index contributed by atoms with van der Waals surface area (Å²) in [4.78, 5) is 0. The van der Waals surface area contributed by atoms with Crippen molar-refractivity contribution in [3.05, 3.63) is 63.6 Å². The molecule has 2 rings (SSSR count). The summed E-state index contributed by atoms with van der Waals surface area (Å²) in [5.41, 5.74) is 4.00. The number of phenolic OH excluding ortho intramolecular Hbond substituents is 1. The van der Waals surface area contributed by atoms with Gasteiger partial charge in [-0.25, -0.2) is 0 Å². The Hall–Kier alpha value is -1.28. The quantitative estimate of drug-likeness (QED) is 0.688. The van der Waals surface area contributed by atoms with E-state index in [1.54, 1.807) is 6.07 Å². The lowest BCUT2D eigenvalue weighted by Crippen LogP contribution is -2.04. The second-order valence-corrected chi connectivity index (χ2v) is 6.72. The maximum absolute atomic E-state index is 9.61. The highest BCUT2D eigenvalue weighted by atomic mass is 79.9. The molecule has 0 heterocycles. The molecule has 0 fully saturated rings. The highest BCUT2D eigenvalue weighted by Gasteiger charge is 2.16. The molecule has 0 saturated heterocycles. The van der Waals surface area contributed by atoms with Crippen molar-refractivity contribution < 1.29 is 5.11 Å². The van der Waals surface area contributed by atoms with E-state index in [4.69, 9.17) is 0 Å². The first-order valence-corrected chi connectivity index (χ1v) is 8.35. The second-order valence-electron chi connectivity index (χ2n) is 5.86. The van der Waals surface area contributed by atoms with Gasteiger partial charge in [-0.15, -0.1) is 0 Å². The molecule has 2 heteroatoms. The highest BCUT2D eigenvalue weighted by molar-refractivity contribution is 9.10. The zero-order valence-corrected chi connectivity index (χ0v) is 14.5. The minimum absolute atomic E-state index is 0.302. The van der Waals surface area contributed by atoms with Crippen molar-refractivity contribution in [2.24, 2.45) is 0 Å². The Kier molecular flexibility index (Phi) is 5.46. The summed E-state index contributed by atoms with van der Waals surface area (Å²) in [6.45, 7) is 6.64. The van der Waals surface area contributed by atoms with Gasteiger partial charge >= 0.3 is 0 Å². The average Bonchev–Trinajstić information content (AvgIpc) is 2.48. The number of aryl methyl sites for hydroxylation is 1. The molecular formula is C19H23BrO. The Labute approximate surface area is 136 Å². The van der Waals surface area contributed by atoms with Gasteiger partial charge in [-0.05, 0) is 70.8 Å². The van der Waals surface area contributed by atoms with E-state index >= 15 is 0 Å². The van der Waals surface area contributed by atoms with Crippen LogP contribution >= 0.6 is 15.9 Å². The molecule has 2 aromatic carbocycles. The number of halogens is 1. The van der Waals surface area contributed by atoms with Crippen molar-refractivity contribution in [3.63, 3.8) is 0 Å². The molecule has 2 aromatic rings. The second kappa shape index (κ2) is 7.13. The Morgan fingerprint density at radius 3 is 2.24 bits per heavy atom. The molecule has 0 bridgehead atoms. The molecule has 1 N–H and O–H groups in total. The normalized spacial score (nSPS) is 13.9. The molecule has 0 aliphatic heterocycles. The van der Waals surface area contributed by atoms with Crippen LogP contribution < -0.4 is 0 Å². The maximum Gasteiger partial charge on any atom is 0.129 e. The first-order valence-electron chi connectivity index (χ1n) is 7.56. The van der Waals surface area contributed by atoms with Crippen molar-refractivity contribution in [2.75, 3.05) is 0 Å². The third kappa shape index (κ3) is 4.10. The fourth-order valence-electron chi connectivity index (χ4n) is 2.77. The molecule has 2 atom stereocenters. The van der Waals surface area contributed by atoms with Crippen LogP contribution in [0.3, 0.4) is 0 Å². The fourth-order valence-corrected chi connectivity index (χ4v) is 3.17. The van der Waals surface area contributed by atoms with Crippen LogP contribution in [0.15, 0.2) is 46.9 Å². The third-order valence-electron chi connectivity index (χ3n) is 4.22. The summed E-state index contributed by atoms with van der Waals surface area (Å²) < 4.78 is 0.773. The van der Waals surface area contributed by atoms with Crippen LogP contribution in [-0.4, -0.2) is 5.11 Å². The van der Waals surface area contributed by atoms with E-state index in [-0.39, 0.29) is 0 Å². The number of phenols is 1. The minimum Gasteiger partial charge on any atom is -0.507 e. The molecule has 0 aliphatic rings. The van der Waals surface area contributed by atoms with Crippen molar-refractivity contribution >= 4 is 15.9 Å². The van der Waals surface area contributed by atoms with Gasteiger partial charge in [0.25, 0.3) is 0 Å². The van der Waals surface area contributed by atoms with Crippen LogP contribution in [0.4, 0.5) is 0 Å². The standard InChI is InChI=1S/C19H23BrO/c1-4-15(16-7-5-13(2)6-8-16)11-14(3)17-9-10-19(21)18(20)12-17/h5-10,12,14-15,21H,4,11H2,1-3H3. The van der Waals surface area contributed by atoms with Crippen molar-refractivity contribution in [2.45, 2.75) is 45.4 Å². The van der Waals surface area contributed by atoms with E-state index in [1.807, 2.05) is 12.1 Å². The molecule has 0 amide bonds. The van der Waals surface area contributed by atoms with Crippen LogP contribution in [0.1, 0.15) is 55.2 Å². The largest absolute Gasteiger partial charge is 0.507 e. The number of benzene rings is 2. The molecule has 21 heavy (non-hydrogen) atoms. The number of hydrogen-bond donors (Lipinski definition) is 1. The summed E-state index contributed by atoms with van der Waals surface area (Å²) in [6, 6.07) is 14.7. The first kappa shape index (κ1) is 16.1. The van der Waals surface area contributed by atoms with Gasteiger partial charge < -0.3 is 5.11 Å². The van der Waals surface area contributed by atoms with E-state index in [2.05, 4.69) is 61.0 Å². The third-order valence-corrected chi connectivity index (χ3v) is 4.86. The first-order chi connectivity index (χ1) is 10.0. The van der Waals surface area contributed by atoms with Gasteiger partial charge in [-0.1, -0.05) is 49.7 Å². The van der Waals surface area contributed by atoms with Crippen LogP contribution in [0.25, 0.3) is 0 Å². The van der Waals surface area contributed by atoms with Gasteiger partial charge in [0.2, 0.25) is 0 Å². The fraction of sp³-hybridized carbons (Fsp3) is 0.368. The monoisotopic (exact) mass is 346 g/mol. The van der Waals surface area contributed by atoms with Crippen LogP contribution in [0, 0.1) is 6.92 Å². The summed E-state index contributed by atoms with van der Waals surface area (Å²) in [5, 5.41) is 9.61. The lowest BCUT2D eigenvalue weighted by molar-refractivity contribution is 0.471. The Morgan fingerprint density at radius 2 is 1.67 bits per heavy atom. The van der Waals surface area contributed by atoms with E-state index < -0.39 is 0 Å². The van der Waals surface area contributed by atoms with Crippen molar-refractivity contribution in [1.82, 2.24) is 0 Å². The van der Waals surface area contributed by atoms with Gasteiger partial charge in [-0.2, -0.15) is 0 Å². The van der Waals surface area contributed by atoms with Crippen LogP contribution in [0.5, 0.6) is 5.75 Å². The molecule has 0 saturated carbocycles. The Morgan fingerprint density at radius 1 is 1.05 bits per heavy atom. The van der Waals surface area contributed by atoms with Gasteiger partial charge in [0, 0.05) is 0 Å². The number of hydrogen-bond acceptors (Lipinski definition) is 1. The zero-order chi connectivity index (χ0) is 15.4. The summed E-state index contributed by atoms with van der Waals surface area (Å²) in [7, 11) is 0. The molecule has 112 valence electrons. The average molecular weight is 347 g/mol. The van der Waals surface area contributed by atoms with Crippen LogP contribution in [-0.2, 0) is 0 Å². The molecule has 0 radical (unpaired) electrons. The van der Waals surface area contributed by atoms with Gasteiger partial charge in [0.05, 0.1) is 4.47 Å². The van der Waals surface area contributed by atoms with Crippen molar-refractivity contribution in [1.29, 1.82) is 0 Å². The summed E-state index contributed by atoms with van der Waals surface area (Å²) >= 11 is 3.40. The molecule has 0 aromatic heterocycles. The topological polar surface area (TPSA) is 20.2 Å². The lowest BCUT2D eigenvalue weighted by Gasteiger charge is -2.21. The Balaban J connectivity index is 2.13. The SMILES string of the molecule is CCC(CC(C)c1ccc(O)c(Br)c1)c1ccc(C)cc1. The summed E-state index contributed by atoms with van der Waals surface area (Å²) in [5.74, 6) is 1.35. The van der Waals surface area contributed by atoms with E-state index in [9.17, 15) is 5.11 Å². The molecule has 0 spiro atoms. The predicted octanol–water partition coefficient (Wildman–Crippen LogP) is 6.15. The predicted molar refractivity (Wildman–Crippen MR) is 93.0 cm³/mol. The minimum atomic E-state index is 0.302. The molecule has 0 aliphatic carbocycles. The lowest BCUT2D eigenvalue weighted by atomic mass is 9.84. The smallest absolute Gasteiger partial charge is 0.129 e. The van der Waals surface area contributed by atoms with Crippen LogP contribution in [0.2, 0.25) is 0 Å². The molecular weight excluding hydrogens is 324 g/mol.